The van der Waals surface area contributed by atoms with Gasteiger partial charge in [-0.15, -0.1) is 0 Å². The summed E-state index contributed by atoms with van der Waals surface area (Å²) in [6.07, 6.45) is -0.684. The molecule has 3 rings (SSSR count). The van der Waals surface area contributed by atoms with Crippen LogP contribution in [0.25, 0.3) is 11.1 Å². The average Bonchev–Trinajstić information content (AvgIpc) is 2.97. The molecule has 1 aliphatic rings. The van der Waals surface area contributed by atoms with Gasteiger partial charge in [0.2, 0.25) is 0 Å². The van der Waals surface area contributed by atoms with Gasteiger partial charge in [0.15, 0.2) is 6.04 Å². The van der Waals surface area contributed by atoms with Crippen molar-refractivity contribution in [2.24, 2.45) is 0 Å². The Labute approximate surface area is 152 Å². The first-order valence-electron chi connectivity index (χ1n) is 8.34. The van der Waals surface area contributed by atoms with Gasteiger partial charge in [0.1, 0.15) is 6.61 Å². The summed E-state index contributed by atoms with van der Waals surface area (Å²) in [5.74, 6) is -1.20. The molecule has 136 valence electrons. The van der Waals surface area contributed by atoms with Crippen molar-refractivity contribution in [1.82, 2.24) is 4.90 Å². The molecule has 0 aromatic heterocycles. The van der Waals surface area contributed by atoms with Gasteiger partial charge in [-0.3, -0.25) is 4.90 Å². The van der Waals surface area contributed by atoms with Gasteiger partial charge in [0.25, 0.3) is 0 Å². The molecule has 1 N–H and O–H groups in total. The van der Waals surface area contributed by atoms with Gasteiger partial charge in [0.05, 0.1) is 6.61 Å². The first-order chi connectivity index (χ1) is 12.5. The van der Waals surface area contributed by atoms with Crippen LogP contribution in [0.5, 0.6) is 0 Å². The van der Waals surface area contributed by atoms with Gasteiger partial charge in [-0.2, -0.15) is 0 Å². The number of rotatable bonds is 6. The molecule has 0 spiro atoms. The van der Waals surface area contributed by atoms with E-state index in [-0.39, 0.29) is 19.1 Å². The minimum absolute atomic E-state index is 0.0644. The van der Waals surface area contributed by atoms with E-state index in [1.807, 2.05) is 36.4 Å². The fourth-order valence-corrected chi connectivity index (χ4v) is 3.33. The number of hydrogen-bond donors (Lipinski definition) is 1. The Kier molecular flexibility index (Phi) is 5.23. The third-order valence-electron chi connectivity index (χ3n) is 4.70. The zero-order valence-corrected chi connectivity index (χ0v) is 14.7. The summed E-state index contributed by atoms with van der Waals surface area (Å²) < 4.78 is 10.3. The van der Waals surface area contributed by atoms with Crippen molar-refractivity contribution >= 4 is 12.1 Å². The van der Waals surface area contributed by atoms with Crippen molar-refractivity contribution in [3.05, 3.63) is 59.7 Å². The van der Waals surface area contributed by atoms with E-state index in [9.17, 15) is 14.7 Å². The molecule has 0 saturated heterocycles. The smallest absolute Gasteiger partial charge is 0.410 e. The summed E-state index contributed by atoms with van der Waals surface area (Å²) in [5.41, 5.74) is 4.49. The van der Waals surface area contributed by atoms with Crippen LogP contribution in [0, 0.1) is 0 Å². The second kappa shape index (κ2) is 7.58. The number of nitrogens with zero attached hydrogens (tertiary/aromatic N) is 1. The molecule has 0 radical (unpaired) electrons. The third kappa shape index (κ3) is 3.28. The van der Waals surface area contributed by atoms with Crippen molar-refractivity contribution < 1.29 is 24.2 Å². The highest BCUT2D eigenvalue weighted by atomic mass is 16.6. The quantitative estimate of drug-likeness (QED) is 0.862. The maximum absolute atomic E-state index is 12.3. The fraction of sp³-hybridized carbons (Fsp3) is 0.300. The van der Waals surface area contributed by atoms with Crippen LogP contribution in [-0.4, -0.2) is 55.5 Å². The summed E-state index contributed by atoms with van der Waals surface area (Å²) in [5, 5.41) is 9.23. The van der Waals surface area contributed by atoms with Crippen LogP contribution in [0.4, 0.5) is 4.79 Å². The maximum atomic E-state index is 12.3. The SMILES string of the molecule is COC[C@H](C(=O)O)N(C)C(=O)OCC1c2ccccc2-c2ccccc21. The van der Waals surface area contributed by atoms with Crippen LogP contribution in [0.15, 0.2) is 48.5 Å². The average molecular weight is 355 g/mol. The molecular formula is C20H21NO5. The number of amides is 1. The van der Waals surface area contributed by atoms with E-state index >= 15 is 0 Å². The van der Waals surface area contributed by atoms with E-state index in [1.165, 1.54) is 14.2 Å². The standard InChI is InChI=1S/C20H21NO5/c1-21(18(12-25-2)19(22)23)20(24)26-11-17-15-9-5-3-7-13(15)14-8-4-6-10-16(14)17/h3-10,17-18H,11-12H2,1-2H3,(H,22,23)/t18-/m1/s1. The summed E-state index contributed by atoms with van der Waals surface area (Å²) in [7, 11) is 2.79. The topological polar surface area (TPSA) is 76.1 Å². The van der Waals surface area contributed by atoms with Crippen LogP contribution < -0.4 is 0 Å². The maximum Gasteiger partial charge on any atom is 0.410 e. The number of hydrogen-bond acceptors (Lipinski definition) is 4. The van der Waals surface area contributed by atoms with Gasteiger partial charge in [-0.1, -0.05) is 48.5 Å². The van der Waals surface area contributed by atoms with Crippen LogP contribution >= 0.6 is 0 Å². The van der Waals surface area contributed by atoms with E-state index in [2.05, 4.69) is 12.1 Å². The molecule has 26 heavy (non-hydrogen) atoms. The molecule has 1 aliphatic carbocycles. The molecular weight excluding hydrogens is 334 g/mol. The molecule has 0 unspecified atom stereocenters. The molecule has 1 atom stereocenters. The number of fused-ring (bicyclic) bond motifs is 3. The Balaban J connectivity index is 1.75. The highest BCUT2D eigenvalue weighted by molar-refractivity contribution is 5.81. The van der Waals surface area contributed by atoms with Gasteiger partial charge >= 0.3 is 12.1 Å². The minimum Gasteiger partial charge on any atom is -0.480 e. The zero-order valence-electron chi connectivity index (χ0n) is 14.7. The Bertz CT molecular complexity index is 774. The van der Waals surface area contributed by atoms with Gasteiger partial charge in [-0.25, -0.2) is 9.59 Å². The lowest BCUT2D eigenvalue weighted by Gasteiger charge is -2.24. The normalized spacial score (nSPS) is 13.6. The minimum atomic E-state index is -1.14. The van der Waals surface area contributed by atoms with Crippen LogP contribution in [-0.2, 0) is 14.3 Å². The van der Waals surface area contributed by atoms with E-state index in [0.29, 0.717) is 0 Å². The van der Waals surface area contributed by atoms with Gasteiger partial charge < -0.3 is 14.6 Å². The number of carboxylic acids is 1. The van der Waals surface area contributed by atoms with E-state index in [4.69, 9.17) is 9.47 Å². The predicted molar refractivity (Wildman–Crippen MR) is 96.1 cm³/mol. The van der Waals surface area contributed by atoms with Crippen molar-refractivity contribution in [3.63, 3.8) is 0 Å². The number of ether oxygens (including phenoxy) is 2. The van der Waals surface area contributed by atoms with Crippen molar-refractivity contribution in [2.75, 3.05) is 27.4 Å². The Morgan fingerprint density at radius 3 is 2.12 bits per heavy atom. The lowest BCUT2D eigenvalue weighted by Crippen LogP contribution is -2.45. The van der Waals surface area contributed by atoms with Crippen molar-refractivity contribution in [3.8, 4) is 11.1 Å². The molecule has 2 aromatic rings. The molecule has 0 saturated carbocycles. The molecule has 6 heteroatoms. The Hall–Kier alpha value is -2.86. The first-order valence-corrected chi connectivity index (χ1v) is 8.34. The number of aliphatic carboxylic acids is 1. The third-order valence-corrected chi connectivity index (χ3v) is 4.70. The number of carbonyl (C=O) groups excluding carboxylic acids is 1. The first kappa shape index (κ1) is 17.9. The highest BCUT2D eigenvalue weighted by Crippen LogP contribution is 2.44. The monoisotopic (exact) mass is 355 g/mol. The molecule has 0 aliphatic heterocycles. The highest BCUT2D eigenvalue weighted by Gasteiger charge is 2.31. The van der Waals surface area contributed by atoms with Crippen molar-refractivity contribution in [2.45, 2.75) is 12.0 Å². The van der Waals surface area contributed by atoms with E-state index in [0.717, 1.165) is 27.2 Å². The number of benzene rings is 2. The molecule has 0 fully saturated rings. The largest absolute Gasteiger partial charge is 0.480 e. The number of likely N-dealkylation sites (N-methyl/N-ethyl adjacent to an activating group) is 1. The van der Waals surface area contributed by atoms with Crippen LogP contribution in [0.1, 0.15) is 17.0 Å². The van der Waals surface area contributed by atoms with Gasteiger partial charge in [-0.05, 0) is 22.3 Å². The molecule has 0 heterocycles. The Morgan fingerprint density at radius 2 is 1.62 bits per heavy atom. The van der Waals surface area contributed by atoms with Gasteiger partial charge in [0, 0.05) is 20.1 Å². The number of methoxy groups -OCH3 is 1. The van der Waals surface area contributed by atoms with Crippen LogP contribution in [0.3, 0.4) is 0 Å². The second-order valence-corrected chi connectivity index (χ2v) is 6.22. The molecule has 2 aromatic carbocycles. The Morgan fingerprint density at radius 1 is 1.08 bits per heavy atom. The van der Waals surface area contributed by atoms with E-state index < -0.39 is 18.1 Å². The summed E-state index contributed by atoms with van der Waals surface area (Å²) in [6.45, 7) is 0.0482. The summed E-state index contributed by atoms with van der Waals surface area (Å²) >= 11 is 0. The summed E-state index contributed by atoms with van der Waals surface area (Å²) in [4.78, 5) is 24.7. The number of carbonyl (C=O) groups is 2. The molecule has 0 bridgehead atoms. The molecule has 6 nitrogen and oxygen atoms in total. The lowest BCUT2D eigenvalue weighted by atomic mass is 9.98. The van der Waals surface area contributed by atoms with E-state index in [1.54, 1.807) is 0 Å². The van der Waals surface area contributed by atoms with Crippen LogP contribution in [0.2, 0.25) is 0 Å². The summed E-state index contributed by atoms with van der Waals surface area (Å²) in [6, 6.07) is 15.0. The van der Waals surface area contributed by atoms with Crippen molar-refractivity contribution in [1.29, 1.82) is 0 Å². The number of carboxylic acid groups (broad SMARTS) is 1. The molecule has 1 amide bonds. The lowest BCUT2D eigenvalue weighted by molar-refractivity contribution is -0.144. The second-order valence-electron chi connectivity index (χ2n) is 6.22. The predicted octanol–water partition coefficient (Wildman–Crippen LogP) is 2.97. The zero-order chi connectivity index (χ0) is 18.7. The fourth-order valence-electron chi connectivity index (χ4n) is 3.33.